The Labute approximate surface area is 76.0 Å². The summed E-state index contributed by atoms with van der Waals surface area (Å²) in [5.41, 5.74) is 1.85. The standard InChI is InChI=1S/C9H10N2S/c10-5-8-6-12-11-9(8)7-3-1-2-4-7/h6-7H,1-4H2. The molecule has 0 aliphatic heterocycles. The predicted octanol–water partition coefficient (Wildman–Crippen LogP) is 2.67. The van der Waals surface area contributed by atoms with Gasteiger partial charge >= 0.3 is 0 Å². The molecule has 1 aromatic heterocycles. The Morgan fingerprint density at radius 2 is 2.25 bits per heavy atom. The fourth-order valence-electron chi connectivity index (χ4n) is 1.82. The zero-order valence-corrected chi connectivity index (χ0v) is 7.60. The molecule has 0 atom stereocenters. The van der Waals surface area contributed by atoms with Crippen LogP contribution in [-0.4, -0.2) is 4.37 Å². The molecule has 2 rings (SSSR count). The van der Waals surface area contributed by atoms with Gasteiger partial charge in [-0.15, -0.1) is 0 Å². The van der Waals surface area contributed by atoms with Gasteiger partial charge in [-0.1, -0.05) is 12.8 Å². The second-order valence-electron chi connectivity index (χ2n) is 3.21. The van der Waals surface area contributed by atoms with E-state index in [0.717, 1.165) is 11.3 Å². The fraction of sp³-hybridized carbons (Fsp3) is 0.556. The van der Waals surface area contributed by atoms with Crippen LogP contribution in [0.25, 0.3) is 0 Å². The molecule has 3 heteroatoms. The minimum absolute atomic E-state index is 0.575. The average Bonchev–Trinajstić information content (AvgIpc) is 2.74. The Balaban J connectivity index is 2.27. The summed E-state index contributed by atoms with van der Waals surface area (Å²) in [5.74, 6) is 0.575. The number of hydrogen-bond acceptors (Lipinski definition) is 3. The highest BCUT2D eigenvalue weighted by Crippen LogP contribution is 2.35. The average molecular weight is 178 g/mol. The third-order valence-corrected chi connectivity index (χ3v) is 3.10. The van der Waals surface area contributed by atoms with E-state index >= 15 is 0 Å². The Kier molecular flexibility index (Phi) is 2.09. The largest absolute Gasteiger partial charge is 0.196 e. The Bertz CT molecular complexity index is 305. The van der Waals surface area contributed by atoms with Crippen molar-refractivity contribution in [2.24, 2.45) is 0 Å². The quantitative estimate of drug-likeness (QED) is 0.663. The monoisotopic (exact) mass is 178 g/mol. The molecule has 0 bridgehead atoms. The lowest BCUT2D eigenvalue weighted by Crippen LogP contribution is -1.94. The van der Waals surface area contributed by atoms with Crippen molar-refractivity contribution in [1.29, 1.82) is 5.26 Å². The molecule has 1 aliphatic carbocycles. The summed E-state index contributed by atoms with van der Waals surface area (Å²) >= 11 is 1.41. The van der Waals surface area contributed by atoms with Crippen LogP contribution < -0.4 is 0 Å². The molecule has 1 aliphatic rings. The first-order chi connectivity index (χ1) is 5.92. The van der Waals surface area contributed by atoms with Gasteiger partial charge in [-0.2, -0.15) is 9.64 Å². The summed E-state index contributed by atoms with van der Waals surface area (Å²) < 4.78 is 4.29. The third-order valence-electron chi connectivity index (χ3n) is 2.46. The second-order valence-corrected chi connectivity index (χ2v) is 3.84. The van der Waals surface area contributed by atoms with Crippen LogP contribution in [-0.2, 0) is 0 Å². The smallest absolute Gasteiger partial charge is 0.102 e. The van der Waals surface area contributed by atoms with E-state index in [0.29, 0.717) is 5.92 Å². The highest BCUT2D eigenvalue weighted by Gasteiger charge is 2.21. The summed E-state index contributed by atoms with van der Waals surface area (Å²) in [6.45, 7) is 0. The molecule has 0 radical (unpaired) electrons. The van der Waals surface area contributed by atoms with Gasteiger partial charge in [0.1, 0.15) is 6.07 Å². The van der Waals surface area contributed by atoms with Crippen molar-refractivity contribution in [2.75, 3.05) is 0 Å². The molecule has 0 N–H and O–H groups in total. The maximum Gasteiger partial charge on any atom is 0.102 e. The predicted molar refractivity (Wildman–Crippen MR) is 48.0 cm³/mol. The van der Waals surface area contributed by atoms with Crippen molar-refractivity contribution in [3.05, 3.63) is 16.6 Å². The molecule has 1 saturated carbocycles. The summed E-state index contributed by atoms with van der Waals surface area (Å²) in [7, 11) is 0. The van der Waals surface area contributed by atoms with Crippen molar-refractivity contribution < 1.29 is 0 Å². The lowest BCUT2D eigenvalue weighted by atomic mass is 10.0. The first-order valence-corrected chi connectivity index (χ1v) is 5.10. The number of nitriles is 1. The molecule has 0 spiro atoms. The van der Waals surface area contributed by atoms with Gasteiger partial charge in [0.15, 0.2) is 0 Å². The van der Waals surface area contributed by atoms with Crippen LogP contribution >= 0.6 is 11.5 Å². The van der Waals surface area contributed by atoms with Gasteiger partial charge in [-0.3, -0.25) is 0 Å². The van der Waals surface area contributed by atoms with Crippen molar-refractivity contribution in [3.8, 4) is 6.07 Å². The van der Waals surface area contributed by atoms with Crippen LogP contribution in [0.1, 0.15) is 42.9 Å². The van der Waals surface area contributed by atoms with Crippen molar-refractivity contribution in [1.82, 2.24) is 4.37 Å². The molecule has 1 aromatic rings. The first-order valence-electron chi connectivity index (χ1n) is 4.26. The van der Waals surface area contributed by atoms with Gasteiger partial charge < -0.3 is 0 Å². The Morgan fingerprint density at radius 1 is 1.50 bits per heavy atom. The molecule has 0 unspecified atom stereocenters. The van der Waals surface area contributed by atoms with E-state index in [1.54, 1.807) is 0 Å². The molecule has 1 heterocycles. The number of nitrogens with zero attached hydrogens (tertiary/aromatic N) is 2. The third kappa shape index (κ3) is 1.23. The minimum atomic E-state index is 0.575. The zero-order chi connectivity index (χ0) is 8.39. The van der Waals surface area contributed by atoms with Gasteiger partial charge in [0, 0.05) is 11.3 Å². The summed E-state index contributed by atoms with van der Waals surface area (Å²) in [5, 5.41) is 10.6. The topological polar surface area (TPSA) is 36.7 Å². The van der Waals surface area contributed by atoms with Crippen molar-refractivity contribution >= 4 is 11.5 Å². The van der Waals surface area contributed by atoms with Crippen LogP contribution in [0.3, 0.4) is 0 Å². The highest BCUT2D eigenvalue weighted by atomic mass is 32.1. The molecule has 62 valence electrons. The molecule has 0 aromatic carbocycles. The second kappa shape index (κ2) is 3.24. The Hall–Kier alpha value is -0.880. The number of aromatic nitrogens is 1. The molecule has 2 nitrogen and oxygen atoms in total. The van der Waals surface area contributed by atoms with Crippen LogP contribution in [0.4, 0.5) is 0 Å². The van der Waals surface area contributed by atoms with Gasteiger partial charge in [-0.05, 0) is 24.4 Å². The van der Waals surface area contributed by atoms with Gasteiger partial charge in [0.05, 0.1) is 11.3 Å². The minimum Gasteiger partial charge on any atom is -0.196 e. The molecular weight excluding hydrogens is 168 g/mol. The normalized spacial score (nSPS) is 17.9. The highest BCUT2D eigenvalue weighted by molar-refractivity contribution is 7.03. The zero-order valence-electron chi connectivity index (χ0n) is 6.79. The SMILES string of the molecule is N#Cc1csnc1C1CCCC1. The Morgan fingerprint density at radius 3 is 2.92 bits per heavy atom. The molecule has 12 heavy (non-hydrogen) atoms. The lowest BCUT2D eigenvalue weighted by molar-refractivity contribution is 0.705. The summed E-state index contributed by atoms with van der Waals surface area (Å²) in [4.78, 5) is 0. The summed E-state index contributed by atoms with van der Waals surface area (Å²) in [6.07, 6.45) is 5.04. The van der Waals surface area contributed by atoms with E-state index in [1.165, 1.54) is 37.2 Å². The van der Waals surface area contributed by atoms with E-state index in [2.05, 4.69) is 10.4 Å². The van der Waals surface area contributed by atoms with Crippen LogP contribution in [0, 0.1) is 11.3 Å². The lowest BCUT2D eigenvalue weighted by Gasteiger charge is -2.03. The van der Waals surface area contributed by atoms with Gasteiger partial charge in [0.2, 0.25) is 0 Å². The van der Waals surface area contributed by atoms with E-state index < -0.39 is 0 Å². The van der Waals surface area contributed by atoms with E-state index in [1.807, 2.05) is 5.38 Å². The number of hydrogen-bond donors (Lipinski definition) is 0. The van der Waals surface area contributed by atoms with E-state index in [9.17, 15) is 0 Å². The molecule has 1 fully saturated rings. The first kappa shape index (κ1) is 7.75. The molecule has 0 amide bonds. The van der Waals surface area contributed by atoms with Crippen LogP contribution in [0.15, 0.2) is 5.38 Å². The van der Waals surface area contributed by atoms with Crippen molar-refractivity contribution in [2.45, 2.75) is 31.6 Å². The van der Waals surface area contributed by atoms with Crippen LogP contribution in [0.2, 0.25) is 0 Å². The maximum absolute atomic E-state index is 8.78. The maximum atomic E-state index is 8.78. The summed E-state index contributed by atoms with van der Waals surface area (Å²) in [6, 6.07) is 2.20. The van der Waals surface area contributed by atoms with Gasteiger partial charge in [-0.25, -0.2) is 0 Å². The fourth-order valence-corrected chi connectivity index (χ4v) is 2.52. The number of rotatable bonds is 1. The molecule has 0 saturated heterocycles. The van der Waals surface area contributed by atoms with Crippen LogP contribution in [0.5, 0.6) is 0 Å². The van der Waals surface area contributed by atoms with Gasteiger partial charge in [0.25, 0.3) is 0 Å². The molecular formula is C9H10N2S. The van der Waals surface area contributed by atoms with E-state index in [-0.39, 0.29) is 0 Å². The van der Waals surface area contributed by atoms with E-state index in [4.69, 9.17) is 5.26 Å². The van der Waals surface area contributed by atoms with Crippen molar-refractivity contribution in [3.63, 3.8) is 0 Å².